The third kappa shape index (κ3) is 3.63. The number of amides is 3. The molecule has 1 aliphatic heterocycles. The molecule has 2 N–H and O–H groups in total. The van der Waals surface area contributed by atoms with Crippen LogP contribution in [0.5, 0.6) is 0 Å². The second kappa shape index (κ2) is 6.60. The molecule has 1 unspecified atom stereocenters. The number of carbonyl (C=O) groups is 3. The van der Waals surface area contributed by atoms with Gasteiger partial charge >= 0.3 is 0 Å². The highest BCUT2D eigenvalue weighted by Gasteiger charge is 2.29. The van der Waals surface area contributed by atoms with Gasteiger partial charge in [-0.2, -0.15) is 0 Å². The summed E-state index contributed by atoms with van der Waals surface area (Å²) >= 11 is 0. The van der Waals surface area contributed by atoms with Crippen LogP contribution in [0.4, 0.5) is 5.69 Å². The normalized spacial score (nSPS) is 17.0. The number of hydrogen-bond acceptors (Lipinski definition) is 3. The van der Waals surface area contributed by atoms with Crippen molar-refractivity contribution in [2.24, 2.45) is 0 Å². The Morgan fingerprint density at radius 3 is 2.73 bits per heavy atom. The molecule has 1 heterocycles. The molecular formula is C16H21N3O3. The standard InChI is InChI=1S/C16H21N3O3/c1-10-5-4-6-12(11(10)2)17-15(21)9-19(3)16(22)13-7-8-14(20)18-13/h4-6,13H,7-9H2,1-3H3,(H,17,21)(H,18,20). The molecular weight excluding hydrogens is 282 g/mol. The average Bonchev–Trinajstić information content (AvgIpc) is 2.89. The number of carbonyl (C=O) groups excluding carboxylic acids is 3. The Morgan fingerprint density at radius 1 is 1.36 bits per heavy atom. The number of benzene rings is 1. The summed E-state index contributed by atoms with van der Waals surface area (Å²) in [6.45, 7) is 3.87. The minimum atomic E-state index is -0.508. The molecule has 0 saturated carbocycles. The molecule has 0 aromatic heterocycles. The molecule has 0 aliphatic carbocycles. The number of likely N-dealkylation sites (N-methyl/N-ethyl adjacent to an activating group) is 1. The molecule has 0 spiro atoms. The lowest BCUT2D eigenvalue weighted by Crippen LogP contribution is -2.45. The van der Waals surface area contributed by atoms with Gasteiger partial charge in [-0.05, 0) is 37.5 Å². The second-order valence-electron chi connectivity index (χ2n) is 5.65. The van der Waals surface area contributed by atoms with Crippen LogP contribution in [-0.2, 0) is 14.4 Å². The van der Waals surface area contributed by atoms with Crippen molar-refractivity contribution < 1.29 is 14.4 Å². The summed E-state index contributed by atoms with van der Waals surface area (Å²) in [5.74, 6) is -0.609. The van der Waals surface area contributed by atoms with Gasteiger partial charge in [-0.25, -0.2) is 0 Å². The maximum Gasteiger partial charge on any atom is 0.245 e. The summed E-state index contributed by atoms with van der Waals surface area (Å²) in [6, 6.07) is 5.18. The van der Waals surface area contributed by atoms with E-state index >= 15 is 0 Å². The van der Waals surface area contributed by atoms with E-state index in [0.717, 1.165) is 16.8 Å². The zero-order chi connectivity index (χ0) is 16.3. The van der Waals surface area contributed by atoms with Gasteiger partial charge in [0.05, 0.1) is 6.54 Å². The summed E-state index contributed by atoms with van der Waals surface area (Å²) < 4.78 is 0. The Balaban J connectivity index is 1.92. The van der Waals surface area contributed by atoms with E-state index in [9.17, 15) is 14.4 Å². The third-order valence-corrected chi connectivity index (χ3v) is 3.93. The van der Waals surface area contributed by atoms with Crippen molar-refractivity contribution in [3.63, 3.8) is 0 Å². The smallest absolute Gasteiger partial charge is 0.245 e. The van der Waals surface area contributed by atoms with E-state index in [2.05, 4.69) is 10.6 Å². The van der Waals surface area contributed by atoms with Crippen molar-refractivity contribution in [2.75, 3.05) is 18.9 Å². The number of aryl methyl sites for hydroxylation is 1. The number of rotatable bonds is 4. The second-order valence-corrected chi connectivity index (χ2v) is 5.65. The molecule has 1 aromatic rings. The minimum Gasteiger partial charge on any atom is -0.344 e. The molecule has 118 valence electrons. The van der Waals surface area contributed by atoms with Gasteiger partial charge in [-0.15, -0.1) is 0 Å². The van der Waals surface area contributed by atoms with Gasteiger partial charge in [-0.3, -0.25) is 14.4 Å². The Kier molecular flexibility index (Phi) is 4.80. The number of anilines is 1. The Bertz CT molecular complexity index is 613. The first kappa shape index (κ1) is 16.0. The van der Waals surface area contributed by atoms with E-state index in [-0.39, 0.29) is 24.3 Å². The molecule has 1 fully saturated rings. The lowest BCUT2D eigenvalue weighted by atomic mass is 10.1. The van der Waals surface area contributed by atoms with Crippen molar-refractivity contribution in [1.29, 1.82) is 0 Å². The quantitative estimate of drug-likeness (QED) is 0.870. The number of nitrogens with zero attached hydrogens (tertiary/aromatic N) is 1. The lowest BCUT2D eigenvalue weighted by Gasteiger charge is -2.20. The fourth-order valence-electron chi connectivity index (χ4n) is 2.43. The van der Waals surface area contributed by atoms with Crippen LogP contribution in [0.15, 0.2) is 18.2 Å². The van der Waals surface area contributed by atoms with Crippen LogP contribution in [0.1, 0.15) is 24.0 Å². The highest BCUT2D eigenvalue weighted by Crippen LogP contribution is 2.18. The van der Waals surface area contributed by atoms with Gasteiger partial charge in [0.2, 0.25) is 17.7 Å². The predicted octanol–water partition coefficient (Wildman–Crippen LogP) is 0.979. The van der Waals surface area contributed by atoms with E-state index < -0.39 is 6.04 Å². The Hall–Kier alpha value is -2.37. The first-order valence-electron chi connectivity index (χ1n) is 7.29. The molecule has 0 bridgehead atoms. The molecule has 22 heavy (non-hydrogen) atoms. The predicted molar refractivity (Wildman–Crippen MR) is 83.3 cm³/mol. The van der Waals surface area contributed by atoms with Crippen LogP contribution in [0, 0.1) is 13.8 Å². The highest BCUT2D eigenvalue weighted by molar-refractivity contribution is 5.97. The number of nitrogens with one attached hydrogen (secondary N) is 2. The van der Waals surface area contributed by atoms with Crippen molar-refractivity contribution in [1.82, 2.24) is 10.2 Å². The maximum absolute atomic E-state index is 12.1. The summed E-state index contributed by atoms with van der Waals surface area (Å²) in [6.07, 6.45) is 0.847. The van der Waals surface area contributed by atoms with Gasteiger partial charge in [0, 0.05) is 19.2 Å². The van der Waals surface area contributed by atoms with E-state index in [1.54, 1.807) is 7.05 Å². The maximum atomic E-state index is 12.1. The minimum absolute atomic E-state index is 0.0431. The van der Waals surface area contributed by atoms with Crippen molar-refractivity contribution >= 4 is 23.4 Å². The highest BCUT2D eigenvalue weighted by atomic mass is 16.2. The van der Waals surface area contributed by atoms with Crippen molar-refractivity contribution in [3.05, 3.63) is 29.3 Å². The monoisotopic (exact) mass is 303 g/mol. The third-order valence-electron chi connectivity index (χ3n) is 3.93. The molecule has 1 aromatic carbocycles. The largest absolute Gasteiger partial charge is 0.344 e. The molecule has 3 amide bonds. The SMILES string of the molecule is Cc1cccc(NC(=O)CN(C)C(=O)C2CCC(=O)N2)c1C. The van der Waals surface area contributed by atoms with E-state index in [4.69, 9.17) is 0 Å². The fraction of sp³-hybridized carbons (Fsp3) is 0.438. The van der Waals surface area contributed by atoms with E-state index in [1.165, 1.54) is 4.90 Å². The summed E-state index contributed by atoms with van der Waals surface area (Å²) in [4.78, 5) is 36.7. The van der Waals surface area contributed by atoms with Gasteiger partial charge in [0.25, 0.3) is 0 Å². The van der Waals surface area contributed by atoms with E-state index in [0.29, 0.717) is 12.8 Å². The fourth-order valence-corrected chi connectivity index (χ4v) is 2.43. The molecule has 6 heteroatoms. The Morgan fingerprint density at radius 2 is 2.09 bits per heavy atom. The van der Waals surface area contributed by atoms with Crippen molar-refractivity contribution in [3.8, 4) is 0 Å². The van der Waals surface area contributed by atoms with E-state index in [1.807, 2.05) is 32.0 Å². The van der Waals surface area contributed by atoms with Gasteiger partial charge in [-0.1, -0.05) is 12.1 Å². The summed E-state index contributed by atoms with van der Waals surface area (Å²) in [5, 5.41) is 5.43. The summed E-state index contributed by atoms with van der Waals surface area (Å²) in [7, 11) is 1.56. The topological polar surface area (TPSA) is 78.5 Å². The van der Waals surface area contributed by atoms with Crippen LogP contribution in [0.25, 0.3) is 0 Å². The van der Waals surface area contributed by atoms with Crippen LogP contribution in [0.2, 0.25) is 0 Å². The van der Waals surface area contributed by atoms with Gasteiger partial charge in [0.1, 0.15) is 6.04 Å². The zero-order valence-electron chi connectivity index (χ0n) is 13.1. The molecule has 6 nitrogen and oxygen atoms in total. The first-order valence-corrected chi connectivity index (χ1v) is 7.29. The number of hydrogen-bond donors (Lipinski definition) is 2. The van der Waals surface area contributed by atoms with Crippen LogP contribution in [-0.4, -0.2) is 42.3 Å². The molecule has 1 aliphatic rings. The van der Waals surface area contributed by atoms with Crippen LogP contribution in [0.3, 0.4) is 0 Å². The van der Waals surface area contributed by atoms with Crippen molar-refractivity contribution in [2.45, 2.75) is 32.7 Å². The van der Waals surface area contributed by atoms with Crippen LogP contribution < -0.4 is 10.6 Å². The summed E-state index contributed by atoms with van der Waals surface area (Å²) in [5.41, 5.74) is 2.85. The Labute approximate surface area is 129 Å². The van der Waals surface area contributed by atoms with Gasteiger partial charge in [0.15, 0.2) is 0 Å². The van der Waals surface area contributed by atoms with Crippen LogP contribution >= 0.6 is 0 Å². The van der Waals surface area contributed by atoms with Gasteiger partial charge < -0.3 is 15.5 Å². The average molecular weight is 303 g/mol. The lowest BCUT2D eigenvalue weighted by molar-refractivity contribution is -0.135. The molecule has 0 radical (unpaired) electrons. The zero-order valence-corrected chi connectivity index (χ0v) is 13.1. The molecule has 1 saturated heterocycles. The first-order chi connectivity index (χ1) is 10.4. The molecule has 1 atom stereocenters. The molecule has 2 rings (SSSR count).